The van der Waals surface area contributed by atoms with Crippen LogP contribution < -0.4 is 0 Å². The van der Waals surface area contributed by atoms with Gasteiger partial charge < -0.3 is 9.84 Å². The highest BCUT2D eigenvalue weighted by Crippen LogP contribution is 2.27. The molecule has 1 fully saturated rings. The molecule has 2 rings (SSSR count). The van der Waals surface area contributed by atoms with Crippen LogP contribution in [0.3, 0.4) is 0 Å². The quantitative estimate of drug-likeness (QED) is 0.788. The molecular formula is C19H29NO3. The number of carboxylic acid groups (broad SMARTS) is 1. The maximum absolute atomic E-state index is 11.2. The molecule has 0 aliphatic heterocycles. The molecule has 4 heteroatoms. The summed E-state index contributed by atoms with van der Waals surface area (Å²) in [5, 5.41) is 9.18. The molecule has 1 saturated carbocycles. The molecule has 0 amide bonds. The standard InChI is InChI=1S/C19H29NO3/c1-3-4-12-20(17-10-5-6-11-18(17)23-2)14-15-8-7-9-16(13-15)19(21)22/h7-9,13,17-18H,3-6,10-12,14H2,1-2H3,(H,21,22)/t17-,18-/m1/s1. The van der Waals surface area contributed by atoms with Gasteiger partial charge in [0.1, 0.15) is 0 Å². The number of ether oxygens (including phenoxy) is 1. The summed E-state index contributed by atoms with van der Waals surface area (Å²) in [6.45, 7) is 4.04. The van der Waals surface area contributed by atoms with E-state index in [0.717, 1.165) is 37.9 Å². The lowest BCUT2D eigenvalue weighted by molar-refractivity contribution is -0.0147. The highest BCUT2D eigenvalue weighted by molar-refractivity contribution is 5.87. The van der Waals surface area contributed by atoms with Gasteiger partial charge in [-0.15, -0.1) is 0 Å². The van der Waals surface area contributed by atoms with Crippen molar-refractivity contribution in [2.45, 2.75) is 64.1 Å². The van der Waals surface area contributed by atoms with Crippen LogP contribution >= 0.6 is 0 Å². The van der Waals surface area contributed by atoms with Crippen LogP contribution in [0.25, 0.3) is 0 Å². The molecule has 4 nitrogen and oxygen atoms in total. The second-order valence-corrected chi connectivity index (χ2v) is 6.46. The molecule has 0 radical (unpaired) electrons. The zero-order chi connectivity index (χ0) is 16.7. The van der Waals surface area contributed by atoms with Gasteiger partial charge >= 0.3 is 5.97 Å². The number of hydrogen-bond acceptors (Lipinski definition) is 3. The maximum Gasteiger partial charge on any atom is 0.335 e. The van der Waals surface area contributed by atoms with Crippen LogP contribution in [0.5, 0.6) is 0 Å². The number of carboxylic acids is 1. The first-order chi connectivity index (χ1) is 11.2. The first kappa shape index (κ1) is 18.0. The summed E-state index contributed by atoms with van der Waals surface area (Å²) in [4.78, 5) is 13.7. The summed E-state index contributed by atoms with van der Waals surface area (Å²) in [5.41, 5.74) is 1.44. The molecule has 1 aliphatic carbocycles. The first-order valence-electron chi connectivity index (χ1n) is 8.74. The first-order valence-corrected chi connectivity index (χ1v) is 8.74. The molecule has 1 aromatic carbocycles. The molecule has 1 N–H and O–H groups in total. The van der Waals surface area contributed by atoms with Gasteiger partial charge in [-0.3, -0.25) is 4.90 Å². The summed E-state index contributed by atoms with van der Waals surface area (Å²) in [7, 11) is 1.81. The lowest BCUT2D eigenvalue weighted by atomic mass is 9.90. The molecule has 0 aromatic heterocycles. The van der Waals surface area contributed by atoms with Crippen molar-refractivity contribution in [3.05, 3.63) is 35.4 Å². The van der Waals surface area contributed by atoms with Crippen LogP contribution in [-0.4, -0.2) is 41.8 Å². The van der Waals surface area contributed by atoms with Gasteiger partial charge in [0.05, 0.1) is 11.7 Å². The number of hydrogen-bond donors (Lipinski definition) is 1. The molecular weight excluding hydrogens is 290 g/mol. The number of benzene rings is 1. The summed E-state index contributed by atoms with van der Waals surface area (Å²) < 4.78 is 5.73. The van der Waals surface area contributed by atoms with Crippen molar-refractivity contribution in [1.29, 1.82) is 0 Å². The summed E-state index contributed by atoms with van der Waals surface area (Å²) in [5.74, 6) is -0.862. The van der Waals surface area contributed by atoms with Crippen molar-refractivity contribution in [3.8, 4) is 0 Å². The van der Waals surface area contributed by atoms with Crippen molar-refractivity contribution >= 4 is 5.97 Å². The Labute approximate surface area is 139 Å². The summed E-state index contributed by atoms with van der Waals surface area (Å²) >= 11 is 0. The van der Waals surface area contributed by atoms with Crippen LogP contribution in [0.2, 0.25) is 0 Å². The van der Waals surface area contributed by atoms with Crippen molar-refractivity contribution in [3.63, 3.8) is 0 Å². The van der Waals surface area contributed by atoms with E-state index in [0.29, 0.717) is 17.7 Å². The molecule has 0 spiro atoms. The third-order valence-corrected chi connectivity index (χ3v) is 4.80. The minimum atomic E-state index is -0.862. The molecule has 0 unspecified atom stereocenters. The molecule has 1 aromatic rings. The predicted octanol–water partition coefficient (Wildman–Crippen LogP) is 3.94. The van der Waals surface area contributed by atoms with E-state index >= 15 is 0 Å². The minimum absolute atomic E-state index is 0.295. The van der Waals surface area contributed by atoms with Gasteiger partial charge in [0.15, 0.2) is 0 Å². The van der Waals surface area contributed by atoms with Crippen LogP contribution in [0.15, 0.2) is 24.3 Å². The SMILES string of the molecule is CCCCN(Cc1cccc(C(=O)O)c1)[C@@H]1CCCC[C@H]1OC. The molecule has 1 aliphatic rings. The molecule has 0 bridgehead atoms. The van der Waals surface area contributed by atoms with Crippen LogP contribution in [0.4, 0.5) is 0 Å². The van der Waals surface area contributed by atoms with Crippen LogP contribution in [-0.2, 0) is 11.3 Å². The van der Waals surface area contributed by atoms with Crippen molar-refractivity contribution in [2.75, 3.05) is 13.7 Å². The van der Waals surface area contributed by atoms with Crippen molar-refractivity contribution in [2.24, 2.45) is 0 Å². The Bertz CT molecular complexity index is 503. The van der Waals surface area contributed by atoms with E-state index in [1.54, 1.807) is 12.1 Å². The third kappa shape index (κ3) is 5.05. The van der Waals surface area contributed by atoms with Gasteiger partial charge in [0, 0.05) is 19.7 Å². The number of nitrogens with zero attached hydrogens (tertiary/aromatic N) is 1. The second kappa shape index (κ2) is 9.04. The smallest absolute Gasteiger partial charge is 0.335 e. The van der Waals surface area contributed by atoms with Gasteiger partial charge in [-0.1, -0.05) is 38.3 Å². The van der Waals surface area contributed by atoms with Crippen LogP contribution in [0, 0.1) is 0 Å². The molecule has 2 atom stereocenters. The Balaban J connectivity index is 2.14. The summed E-state index contributed by atoms with van der Waals surface area (Å²) in [6, 6.07) is 7.75. The van der Waals surface area contributed by atoms with E-state index in [2.05, 4.69) is 11.8 Å². The largest absolute Gasteiger partial charge is 0.478 e. The topological polar surface area (TPSA) is 49.8 Å². The Kier molecular flexibility index (Phi) is 7.06. The lowest BCUT2D eigenvalue weighted by Crippen LogP contribution is -2.46. The normalized spacial score (nSPS) is 21.5. The average molecular weight is 319 g/mol. The van der Waals surface area contributed by atoms with Crippen LogP contribution in [0.1, 0.15) is 61.4 Å². The maximum atomic E-state index is 11.2. The fourth-order valence-corrected chi connectivity index (χ4v) is 3.53. The monoisotopic (exact) mass is 319 g/mol. The Morgan fingerprint density at radius 2 is 2.13 bits per heavy atom. The number of carbonyl (C=O) groups is 1. The van der Waals surface area contributed by atoms with E-state index < -0.39 is 5.97 Å². The van der Waals surface area contributed by atoms with Gasteiger partial charge in [0.25, 0.3) is 0 Å². The van der Waals surface area contributed by atoms with Gasteiger partial charge in [-0.2, -0.15) is 0 Å². The average Bonchev–Trinajstić information content (AvgIpc) is 2.58. The lowest BCUT2D eigenvalue weighted by Gasteiger charge is -2.39. The number of rotatable bonds is 8. The Hall–Kier alpha value is -1.39. The van der Waals surface area contributed by atoms with Gasteiger partial charge in [-0.05, 0) is 43.5 Å². The second-order valence-electron chi connectivity index (χ2n) is 6.46. The highest BCUT2D eigenvalue weighted by Gasteiger charge is 2.29. The number of unbranched alkanes of at least 4 members (excludes halogenated alkanes) is 1. The third-order valence-electron chi connectivity index (χ3n) is 4.80. The number of aromatic carboxylic acids is 1. The fraction of sp³-hybridized carbons (Fsp3) is 0.632. The van der Waals surface area contributed by atoms with Crippen molar-refractivity contribution in [1.82, 2.24) is 4.90 Å². The van der Waals surface area contributed by atoms with E-state index in [9.17, 15) is 9.90 Å². The summed E-state index contributed by atoms with van der Waals surface area (Å²) in [6.07, 6.45) is 7.40. The van der Waals surface area contributed by atoms with E-state index in [1.807, 2.05) is 19.2 Å². The Morgan fingerprint density at radius 3 is 2.83 bits per heavy atom. The van der Waals surface area contributed by atoms with Gasteiger partial charge in [-0.25, -0.2) is 4.79 Å². The van der Waals surface area contributed by atoms with E-state index in [1.165, 1.54) is 19.3 Å². The Morgan fingerprint density at radius 1 is 1.35 bits per heavy atom. The van der Waals surface area contributed by atoms with Crippen molar-refractivity contribution < 1.29 is 14.6 Å². The molecule has 23 heavy (non-hydrogen) atoms. The zero-order valence-electron chi connectivity index (χ0n) is 14.3. The highest BCUT2D eigenvalue weighted by atomic mass is 16.5. The predicted molar refractivity (Wildman–Crippen MR) is 91.8 cm³/mol. The van der Waals surface area contributed by atoms with E-state index in [-0.39, 0.29) is 0 Å². The number of methoxy groups -OCH3 is 1. The van der Waals surface area contributed by atoms with E-state index in [4.69, 9.17) is 4.74 Å². The fourth-order valence-electron chi connectivity index (χ4n) is 3.53. The minimum Gasteiger partial charge on any atom is -0.478 e. The molecule has 0 saturated heterocycles. The zero-order valence-corrected chi connectivity index (χ0v) is 14.3. The molecule has 128 valence electrons. The van der Waals surface area contributed by atoms with Gasteiger partial charge in [0.2, 0.25) is 0 Å². The molecule has 0 heterocycles.